The van der Waals surface area contributed by atoms with E-state index < -0.39 is 0 Å². The molecular weight excluding hydrogens is 281 g/mol. The zero-order valence-electron chi connectivity index (χ0n) is 11.1. The zero-order chi connectivity index (χ0) is 13.7. The molecule has 0 aliphatic carbocycles. The van der Waals surface area contributed by atoms with Crippen LogP contribution in [-0.4, -0.2) is 7.11 Å². The number of benzene rings is 2. The highest BCUT2D eigenvalue weighted by molar-refractivity contribution is 5.85. The average Bonchev–Trinajstić information content (AvgIpc) is 2.46. The van der Waals surface area contributed by atoms with Crippen molar-refractivity contribution in [3.05, 3.63) is 59.4 Å². The number of hydrogen-bond acceptors (Lipinski definition) is 3. The van der Waals surface area contributed by atoms with E-state index in [0.29, 0.717) is 23.6 Å². The van der Waals surface area contributed by atoms with Gasteiger partial charge in [0, 0.05) is 18.2 Å². The molecule has 0 fully saturated rings. The minimum absolute atomic E-state index is 0. The van der Waals surface area contributed by atoms with Crippen LogP contribution in [0.4, 0.5) is 4.39 Å². The maximum absolute atomic E-state index is 13.6. The van der Waals surface area contributed by atoms with Gasteiger partial charge in [-0.3, -0.25) is 0 Å². The Morgan fingerprint density at radius 3 is 2.55 bits per heavy atom. The van der Waals surface area contributed by atoms with E-state index in [1.165, 1.54) is 6.07 Å². The largest absolute Gasteiger partial charge is 0.497 e. The standard InChI is InChI=1S/C15H16FNO2.ClH/c1-18-13-3-2-4-14(8-13)19-10-12-7-11(9-17)5-6-15(12)16;/h2-8H,9-10,17H2,1H3;1H. The van der Waals surface area contributed by atoms with Crippen LogP contribution in [0.5, 0.6) is 11.5 Å². The predicted octanol–water partition coefficient (Wildman–Crippen LogP) is 3.29. The summed E-state index contributed by atoms with van der Waals surface area (Å²) in [6, 6.07) is 12.0. The molecular formula is C15H17ClFNO2. The Kier molecular flexibility index (Phi) is 6.28. The summed E-state index contributed by atoms with van der Waals surface area (Å²) in [5.41, 5.74) is 6.91. The van der Waals surface area contributed by atoms with Gasteiger partial charge in [0.05, 0.1) is 7.11 Å². The van der Waals surface area contributed by atoms with Crippen molar-refractivity contribution in [2.75, 3.05) is 7.11 Å². The molecule has 0 aromatic heterocycles. The molecule has 2 N–H and O–H groups in total. The number of ether oxygens (including phenoxy) is 2. The lowest BCUT2D eigenvalue weighted by Gasteiger charge is -2.09. The molecule has 0 atom stereocenters. The van der Waals surface area contributed by atoms with Crippen LogP contribution < -0.4 is 15.2 Å². The van der Waals surface area contributed by atoms with Crippen LogP contribution in [0.3, 0.4) is 0 Å². The number of rotatable bonds is 5. The second-order valence-corrected chi connectivity index (χ2v) is 4.10. The van der Waals surface area contributed by atoms with Gasteiger partial charge >= 0.3 is 0 Å². The van der Waals surface area contributed by atoms with Gasteiger partial charge in [-0.15, -0.1) is 12.4 Å². The minimum atomic E-state index is -0.292. The number of hydrogen-bond donors (Lipinski definition) is 1. The fourth-order valence-corrected chi connectivity index (χ4v) is 1.72. The van der Waals surface area contributed by atoms with Gasteiger partial charge in [-0.25, -0.2) is 4.39 Å². The minimum Gasteiger partial charge on any atom is -0.497 e. The molecule has 0 radical (unpaired) electrons. The van der Waals surface area contributed by atoms with Crippen molar-refractivity contribution in [1.82, 2.24) is 0 Å². The summed E-state index contributed by atoms with van der Waals surface area (Å²) in [6.45, 7) is 0.541. The van der Waals surface area contributed by atoms with Crippen molar-refractivity contribution in [3.63, 3.8) is 0 Å². The van der Waals surface area contributed by atoms with Gasteiger partial charge in [-0.05, 0) is 29.8 Å². The summed E-state index contributed by atoms with van der Waals surface area (Å²) in [4.78, 5) is 0. The van der Waals surface area contributed by atoms with E-state index in [-0.39, 0.29) is 24.8 Å². The summed E-state index contributed by atoms with van der Waals surface area (Å²) in [5, 5.41) is 0. The second kappa shape index (κ2) is 7.72. The van der Waals surface area contributed by atoms with E-state index in [4.69, 9.17) is 15.2 Å². The van der Waals surface area contributed by atoms with Gasteiger partial charge in [-0.1, -0.05) is 12.1 Å². The highest BCUT2D eigenvalue weighted by Gasteiger charge is 2.05. The molecule has 0 saturated heterocycles. The third-order valence-electron chi connectivity index (χ3n) is 2.78. The Morgan fingerprint density at radius 2 is 1.85 bits per heavy atom. The Labute approximate surface area is 123 Å². The van der Waals surface area contributed by atoms with Crippen molar-refractivity contribution < 1.29 is 13.9 Å². The first-order valence-corrected chi connectivity index (χ1v) is 5.97. The SMILES string of the molecule is COc1cccc(OCc2cc(CN)ccc2F)c1.Cl. The third kappa shape index (κ3) is 4.11. The lowest BCUT2D eigenvalue weighted by atomic mass is 10.1. The molecule has 0 saturated carbocycles. The maximum Gasteiger partial charge on any atom is 0.129 e. The molecule has 0 bridgehead atoms. The quantitative estimate of drug-likeness (QED) is 0.921. The summed E-state index contributed by atoms with van der Waals surface area (Å²) < 4.78 is 24.3. The predicted molar refractivity (Wildman–Crippen MR) is 78.9 cm³/mol. The van der Waals surface area contributed by atoms with Crippen LogP contribution in [0.2, 0.25) is 0 Å². The summed E-state index contributed by atoms with van der Waals surface area (Å²) in [5.74, 6) is 1.05. The molecule has 0 aliphatic heterocycles. The lowest BCUT2D eigenvalue weighted by molar-refractivity contribution is 0.297. The van der Waals surface area contributed by atoms with Crippen molar-refractivity contribution in [3.8, 4) is 11.5 Å². The first-order valence-electron chi connectivity index (χ1n) is 5.97. The Balaban J connectivity index is 0.00000200. The fourth-order valence-electron chi connectivity index (χ4n) is 1.72. The van der Waals surface area contributed by atoms with Crippen molar-refractivity contribution in [2.24, 2.45) is 5.73 Å². The van der Waals surface area contributed by atoms with Crippen molar-refractivity contribution in [2.45, 2.75) is 13.2 Å². The van der Waals surface area contributed by atoms with Crippen LogP contribution in [0.25, 0.3) is 0 Å². The molecule has 108 valence electrons. The van der Waals surface area contributed by atoms with Crippen molar-refractivity contribution in [1.29, 1.82) is 0 Å². The van der Waals surface area contributed by atoms with Crippen molar-refractivity contribution >= 4 is 12.4 Å². The second-order valence-electron chi connectivity index (χ2n) is 4.10. The first-order chi connectivity index (χ1) is 9.22. The monoisotopic (exact) mass is 297 g/mol. The van der Waals surface area contributed by atoms with Gasteiger partial charge in [0.2, 0.25) is 0 Å². The summed E-state index contributed by atoms with van der Waals surface area (Å²) >= 11 is 0. The topological polar surface area (TPSA) is 44.5 Å². The number of methoxy groups -OCH3 is 1. The molecule has 3 nitrogen and oxygen atoms in total. The van der Waals surface area contributed by atoms with E-state index in [1.807, 2.05) is 12.1 Å². The molecule has 0 unspecified atom stereocenters. The molecule has 2 aromatic rings. The Morgan fingerprint density at radius 1 is 1.10 bits per heavy atom. The number of halogens is 2. The van der Waals surface area contributed by atoms with Gasteiger partial charge in [0.25, 0.3) is 0 Å². The molecule has 0 amide bonds. The van der Waals surface area contributed by atoms with Crippen LogP contribution in [0.1, 0.15) is 11.1 Å². The molecule has 2 aromatic carbocycles. The molecule has 0 aliphatic rings. The Hall–Kier alpha value is -1.78. The van der Waals surface area contributed by atoms with E-state index in [1.54, 1.807) is 31.4 Å². The average molecular weight is 298 g/mol. The highest BCUT2D eigenvalue weighted by Crippen LogP contribution is 2.20. The van der Waals surface area contributed by atoms with E-state index >= 15 is 0 Å². The molecule has 5 heteroatoms. The number of nitrogens with two attached hydrogens (primary N) is 1. The van der Waals surface area contributed by atoms with Gasteiger partial charge in [0.15, 0.2) is 0 Å². The van der Waals surface area contributed by atoms with Gasteiger partial charge < -0.3 is 15.2 Å². The maximum atomic E-state index is 13.6. The highest BCUT2D eigenvalue weighted by atomic mass is 35.5. The van der Waals surface area contributed by atoms with E-state index in [0.717, 1.165) is 5.56 Å². The lowest BCUT2D eigenvalue weighted by Crippen LogP contribution is -2.02. The zero-order valence-corrected chi connectivity index (χ0v) is 12.0. The first kappa shape index (κ1) is 16.3. The summed E-state index contributed by atoms with van der Waals surface area (Å²) in [7, 11) is 1.59. The molecule has 20 heavy (non-hydrogen) atoms. The van der Waals surface area contributed by atoms with Crippen LogP contribution in [0, 0.1) is 5.82 Å². The third-order valence-corrected chi connectivity index (χ3v) is 2.78. The van der Waals surface area contributed by atoms with Gasteiger partial charge in [0.1, 0.15) is 23.9 Å². The normalized spacial score (nSPS) is 9.75. The van der Waals surface area contributed by atoms with Crippen LogP contribution in [-0.2, 0) is 13.2 Å². The molecule has 0 heterocycles. The fraction of sp³-hybridized carbons (Fsp3) is 0.200. The van der Waals surface area contributed by atoms with Crippen LogP contribution in [0.15, 0.2) is 42.5 Å². The van der Waals surface area contributed by atoms with E-state index in [9.17, 15) is 4.39 Å². The Bertz CT molecular complexity index is 563. The van der Waals surface area contributed by atoms with E-state index in [2.05, 4.69) is 0 Å². The molecule has 0 spiro atoms. The smallest absolute Gasteiger partial charge is 0.129 e. The van der Waals surface area contributed by atoms with Gasteiger partial charge in [-0.2, -0.15) is 0 Å². The molecule has 2 rings (SSSR count). The summed E-state index contributed by atoms with van der Waals surface area (Å²) in [6.07, 6.45) is 0. The van der Waals surface area contributed by atoms with Crippen LogP contribution >= 0.6 is 12.4 Å².